The Balaban J connectivity index is 1.69. The highest BCUT2D eigenvalue weighted by atomic mass is 79.9. The number of halogens is 1. The lowest BCUT2D eigenvalue weighted by Crippen LogP contribution is -2.63. The van der Waals surface area contributed by atoms with E-state index in [2.05, 4.69) is 36.1 Å². The Hall–Kier alpha value is -0.920. The van der Waals surface area contributed by atoms with E-state index in [1.807, 2.05) is 13.8 Å². The Kier molecular flexibility index (Phi) is 4.33. The quantitative estimate of drug-likeness (QED) is 0.863. The molecule has 2 fully saturated rings. The monoisotopic (exact) mass is 355 g/mol. The molecule has 0 saturated carbocycles. The molecule has 7 heteroatoms. The van der Waals surface area contributed by atoms with E-state index in [9.17, 15) is 4.79 Å². The largest absolute Gasteiger partial charge is 0.366 e. The minimum Gasteiger partial charge on any atom is -0.366 e. The Morgan fingerprint density at radius 3 is 2.62 bits per heavy atom. The van der Waals surface area contributed by atoms with Crippen molar-refractivity contribution in [3.8, 4) is 0 Å². The number of hydrogen-bond donors (Lipinski definition) is 1. The highest BCUT2D eigenvalue weighted by Gasteiger charge is 2.34. The zero-order valence-corrected chi connectivity index (χ0v) is 14.1. The van der Waals surface area contributed by atoms with Crippen LogP contribution in [0.1, 0.15) is 19.9 Å². The fourth-order valence-corrected chi connectivity index (χ4v) is 3.49. The van der Waals surface area contributed by atoms with Crippen molar-refractivity contribution in [1.29, 1.82) is 0 Å². The third-order valence-electron chi connectivity index (χ3n) is 4.29. The molecule has 3 rings (SSSR count). The van der Waals surface area contributed by atoms with E-state index in [0.717, 1.165) is 45.0 Å². The van der Waals surface area contributed by atoms with E-state index in [-0.39, 0.29) is 11.6 Å². The van der Waals surface area contributed by atoms with Gasteiger partial charge in [0.2, 0.25) is 0 Å². The molecule has 2 aliphatic rings. The summed E-state index contributed by atoms with van der Waals surface area (Å²) in [5, 5.41) is 7.67. The highest BCUT2D eigenvalue weighted by molar-refractivity contribution is 9.10. The van der Waals surface area contributed by atoms with Gasteiger partial charge < -0.3 is 10.2 Å². The van der Waals surface area contributed by atoms with Gasteiger partial charge in [-0.25, -0.2) is 4.68 Å². The summed E-state index contributed by atoms with van der Waals surface area (Å²) in [6, 6.07) is 0.680. The number of piperazine rings is 1. The van der Waals surface area contributed by atoms with Gasteiger partial charge in [-0.3, -0.25) is 9.69 Å². The molecule has 0 spiro atoms. The van der Waals surface area contributed by atoms with E-state index < -0.39 is 0 Å². The van der Waals surface area contributed by atoms with Gasteiger partial charge in [-0.2, -0.15) is 5.10 Å². The van der Waals surface area contributed by atoms with Crippen LogP contribution in [0.15, 0.2) is 15.5 Å². The predicted molar refractivity (Wildman–Crippen MR) is 87.0 cm³/mol. The lowest BCUT2D eigenvalue weighted by molar-refractivity contribution is 0.147. The smallest absolute Gasteiger partial charge is 0.283 e. The van der Waals surface area contributed by atoms with Gasteiger partial charge in [0.15, 0.2) is 0 Å². The van der Waals surface area contributed by atoms with Crippen LogP contribution in [0.3, 0.4) is 0 Å². The van der Waals surface area contributed by atoms with Crippen molar-refractivity contribution in [3.05, 3.63) is 21.0 Å². The van der Waals surface area contributed by atoms with Crippen LogP contribution in [0.4, 0.5) is 5.69 Å². The summed E-state index contributed by atoms with van der Waals surface area (Å²) in [7, 11) is 0. The molecule has 116 valence electrons. The summed E-state index contributed by atoms with van der Waals surface area (Å²) < 4.78 is 2.14. The van der Waals surface area contributed by atoms with Gasteiger partial charge in [-0.05, 0) is 29.8 Å². The molecule has 2 aliphatic heterocycles. The summed E-state index contributed by atoms with van der Waals surface area (Å²) in [6.45, 7) is 10.3. The lowest BCUT2D eigenvalue weighted by atomic mass is 10.1. The van der Waals surface area contributed by atoms with Crippen LogP contribution in [-0.2, 0) is 0 Å². The van der Waals surface area contributed by atoms with Crippen LogP contribution in [0.5, 0.6) is 0 Å². The van der Waals surface area contributed by atoms with Crippen LogP contribution in [0.2, 0.25) is 0 Å². The number of hydrogen-bond acceptors (Lipinski definition) is 5. The first-order chi connectivity index (χ1) is 10.1. The molecule has 0 aromatic carbocycles. The SMILES string of the molecule is CC(C)n1ncc(N2CC(N3CCNCC3)C2)c(Br)c1=O. The number of anilines is 1. The third kappa shape index (κ3) is 2.86. The maximum absolute atomic E-state index is 12.3. The van der Waals surface area contributed by atoms with Gasteiger partial charge >= 0.3 is 0 Å². The van der Waals surface area contributed by atoms with Gasteiger partial charge in [0.25, 0.3) is 5.56 Å². The van der Waals surface area contributed by atoms with E-state index in [0.29, 0.717) is 10.5 Å². The number of aromatic nitrogens is 2. The lowest BCUT2D eigenvalue weighted by Gasteiger charge is -2.48. The van der Waals surface area contributed by atoms with Gasteiger partial charge in [0.1, 0.15) is 4.47 Å². The molecule has 6 nitrogen and oxygen atoms in total. The molecular weight excluding hydrogens is 334 g/mol. The molecule has 1 aromatic rings. The summed E-state index contributed by atoms with van der Waals surface area (Å²) in [5.41, 5.74) is 0.872. The third-order valence-corrected chi connectivity index (χ3v) is 5.03. The maximum atomic E-state index is 12.3. The second-order valence-electron chi connectivity index (χ2n) is 6.03. The van der Waals surface area contributed by atoms with Crippen LogP contribution in [0, 0.1) is 0 Å². The number of nitrogens with zero attached hydrogens (tertiary/aromatic N) is 4. The van der Waals surface area contributed by atoms with Gasteiger partial charge in [-0.15, -0.1) is 0 Å². The van der Waals surface area contributed by atoms with E-state index in [1.54, 1.807) is 6.20 Å². The van der Waals surface area contributed by atoms with Gasteiger partial charge in [0, 0.05) is 45.3 Å². The number of rotatable bonds is 3. The predicted octanol–water partition coefficient (Wildman–Crippen LogP) is 0.680. The molecule has 21 heavy (non-hydrogen) atoms. The molecule has 0 amide bonds. The second kappa shape index (κ2) is 6.06. The van der Waals surface area contributed by atoms with Crippen LogP contribution in [0.25, 0.3) is 0 Å². The standard InChI is InChI=1S/C14H22BrN5O/c1-10(2)20-14(21)13(15)12(7-17-20)19-8-11(9-19)18-5-3-16-4-6-18/h7,10-11,16H,3-6,8-9H2,1-2H3. The average Bonchev–Trinajstić information content (AvgIpc) is 2.43. The number of nitrogens with one attached hydrogen (secondary N) is 1. The zero-order valence-electron chi connectivity index (χ0n) is 12.5. The van der Waals surface area contributed by atoms with Gasteiger partial charge in [-0.1, -0.05) is 0 Å². The molecule has 0 atom stereocenters. The van der Waals surface area contributed by atoms with Crippen molar-refractivity contribution in [3.63, 3.8) is 0 Å². The molecule has 2 saturated heterocycles. The summed E-state index contributed by atoms with van der Waals surface area (Å²) in [5.74, 6) is 0. The summed E-state index contributed by atoms with van der Waals surface area (Å²) in [6.07, 6.45) is 1.81. The Bertz CT molecular complexity index is 561. The zero-order chi connectivity index (χ0) is 15.0. The molecule has 1 N–H and O–H groups in total. The van der Waals surface area contributed by atoms with E-state index in [1.165, 1.54) is 4.68 Å². The molecule has 1 aromatic heterocycles. The Morgan fingerprint density at radius 1 is 1.33 bits per heavy atom. The van der Waals surface area contributed by atoms with Crippen molar-refractivity contribution in [2.45, 2.75) is 25.9 Å². The molecular formula is C14H22BrN5O. The minimum absolute atomic E-state index is 0.0480. The first-order valence-electron chi connectivity index (χ1n) is 7.55. The van der Waals surface area contributed by atoms with E-state index in [4.69, 9.17) is 0 Å². The van der Waals surface area contributed by atoms with E-state index >= 15 is 0 Å². The fourth-order valence-electron chi connectivity index (χ4n) is 2.95. The normalized spacial score (nSPS) is 20.9. The first-order valence-corrected chi connectivity index (χ1v) is 8.34. The molecule has 0 unspecified atom stereocenters. The topological polar surface area (TPSA) is 53.4 Å². The summed E-state index contributed by atoms with van der Waals surface area (Å²) in [4.78, 5) is 17.0. The van der Waals surface area contributed by atoms with Crippen LogP contribution < -0.4 is 15.8 Å². The minimum atomic E-state index is -0.0480. The van der Waals surface area contributed by atoms with Crippen molar-refractivity contribution in [2.75, 3.05) is 44.2 Å². The summed E-state index contributed by atoms with van der Waals surface area (Å²) >= 11 is 3.45. The first kappa shape index (κ1) is 15.0. The van der Waals surface area contributed by atoms with Crippen molar-refractivity contribution in [2.24, 2.45) is 0 Å². The van der Waals surface area contributed by atoms with Gasteiger partial charge in [0.05, 0.1) is 17.9 Å². The van der Waals surface area contributed by atoms with Crippen LogP contribution >= 0.6 is 15.9 Å². The Morgan fingerprint density at radius 2 is 2.00 bits per heavy atom. The van der Waals surface area contributed by atoms with Crippen molar-refractivity contribution >= 4 is 21.6 Å². The molecule has 0 bridgehead atoms. The molecule has 3 heterocycles. The molecule has 0 aliphatic carbocycles. The second-order valence-corrected chi connectivity index (χ2v) is 6.83. The Labute approximate surface area is 133 Å². The average molecular weight is 356 g/mol. The fraction of sp³-hybridized carbons (Fsp3) is 0.714. The molecule has 0 radical (unpaired) electrons. The van der Waals surface area contributed by atoms with Crippen molar-refractivity contribution < 1.29 is 0 Å². The highest BCUT2D eigenvalue weighted by Crippen LogP contribution is 2.28. The van der Waals surface area contributed by atoms with Crippen LogP contribution in [-0.4, -0.2) is 60.0 Å². The van der Waals surface area contributed by atoms with Crippen molar-refractivity contribution in [1.82, 2.24) is 20.0 Å². The maximum Gasteiger partial charge on any atom is 0.283 e.